The van der Waals surface area contributed by atoms with Crippen LogP contribution in [0.2, 0.25) is 0 Å². The lowest BCUT2D eigenvalue weighted by molar-refractivity contribution is 0.102. The number of benzene rings is 3. The van der Waals surface area contributed by atoms with Crippen LogP contribution in [0.15, 0.2) is 78.9 Å². The highest BCUT2D eigenvalue weighted by Crippen LogP contribution is 2.22. The Morgan fingerprint density at radius 2 is 1.33 bits per heavy atom. The van der Waals surface area contributed by atoms with Gasteiger partial charge in [-0.25, -0.2) is 0 Å². The highest BCUT2D eigenvalue weighted by molar-refractivity contribution is 6.15. The molecule has 0 bridgehead atoms. The number of carbonyl (C=O) groups excluding carboxylic acids is 2. The third kappa shape index (κ3) is 3.41. The van der Waals surface area contributed by atoms with Crippen LogP contribution in [-0.2, 0) is 0 Å². The summed E-state index contributed by atoms with van der Waals surface area (Å²) in [5.74, 6) is -0.343. The van der Waals surface area contributed by atoms with Crippen LogP contribution in [0.3, 0.4) is 0 Å². The molecule has 0 fully saturated rings. The van der Waals surface area contributed by atoms with E-state index in [2.05, 4.69) is 5.32 Å². The van der Waals surface area contributed by atoms with Gasteiger partial charge in [0.05, 0.1) is 5.69 Å². The van der Waals surface area contributed by atoms with Crippen molar-refractivity contribution in [2.75, 3.05) is 5.32 Å². The highest BCUT2D eigenvalue weighted by Gasteiger charge is 2.16. The van der Waals surface area contributed by atoms with Gasteiger partial charge in [0.15, 0.2) is 5.78 Å². The minimum atomic E-state index is -0.235. The molecule has 1 amide bonds. The first-order valence-corrected chi connectivity index (χ1v) is 7.72. The molecular formula is C21H17NO2. The first-order chi connectivity index (χ1) is 11.6. The molecule has 0 radical (unpaired) electrons. The van der Waals surface area contributed by atoms with E-state index in [1.807, 2.05) is 37.3 Å². The fraction of sp³-hybridized carbons (Fsp3) is 0.0476. The van der Waals surface area contributed by atoms with Crippen molar-refractivity contribution in [2.24, 2.45) is 0 Å². The Morgan fingerprint density at radius 1 is 0.750 bits per heavy atom. The average Bonchev–Trinajstić information content (AvgIpc) is 2.64. The van der Waals surface area contributed by atoms with Crippen molar-refractivity contribution >= 4 is 17.4 Å². The summed E-state index contributed by atoms with van der Waals surface area (Å²) in [6.45, 7) is 1.92. The molecular weight excluding hydrogens is 298 g/mol. The van der Waals surface area contributed by atoms with E-state index in [1.54, 1.807) is 48.5 Å². The van der Waals surface area contributed by atoms with Crippen LogP contribution < -0.4 is 5.32 Å². The molecule has 3 heteroatoms. The molecule has 0 heterocycles. The zero-order valence-corrected chi connectivity index (χ0v) is 13.3. The van der Waals surface area contributed by atoms with E-state index in [1.165, 1.54) is 0 Å². The fourth-order valence-corrected chi connectivity index (χ4v) is 2.48. The Hall–Kier alpha value is -3.20. The predicted molar refractivity (Wildman–Crippen MR) is 95.4 cm³/mol. The number of hydrogen-bond acceptors (Lipinski definition) is 2. The Morgan fingerprint density at radius 3 is 1.96 bits per heavy atom. The summed E-state index contributed by atoms with van der Waals surface area (Å²) in [5, 5.41) is 2.84. The van der Waals surface area contributed by atoms with E-state index in [0.29, 0.717) is 22.4 Å². The topological polar surface area (TPSA) is 46.2 Å². The lowest BCUT2D eigenvalue weighted by Gasteiger charge is -2.12. The first-order valence-electron chi connectivity index (χ1n) is 7.72. The Kier molecular flexibility index (Phi) is 4.52. The number of ketones is 1. The second-order valence-electron chi connectivity index (χ2n) is 5.56. The number of anilines is 1. The molecule has 3 aromatic rings. The van der Waals surface area contributed by atoms with Crippen molar-refractivity contribution < 1.29 is 9.59 Å². The molecule has 3 aromatic carbocycles. The van der Waals surface area contributed by atoms with Crippen LogP contribution in [0, 0.1) is 6.92 Å². The summed E-state index contributed by atoms with van der Waals surface area (Å²) in [4.78, 5) is 25.2. The second-order valence-corrected chi connectivity index (χ2v) is 5.56. The quantitative estimate of drug-likeness (QED) is 0.722. The smallest absolute Gasteiger partial charge is 0.255 e. The van der Waals surface area contributed by atoms with Gasteiger partial charge in [-0.15, -0.1) is 0 Å². The maximum absolute atomic E-state index is 12.8. The van der Waals surface area contributed by atoms with E-state index in [-0.39, 0.29) is 11.7 Å². The fourth-order valence-electron chi connectivity index (χ4n) is 2.48. The summed E-state index contributed by atoms with van der Waals surface area (Å²) in [5.41, 5.74) is 3.12. The number of hydrogen-bond donors (Lipinski definition) is 1. The molecule has 3 nitrogen and oxygen atoms in total. The van der Waals surface area contributed by atoms with Crippen LogP contribution in [-0.4, -0.2) is 11.7 Å². The van der Waals surface area contributed by atoms with Gasteiger partial charge in [0.25, 0.3) is 5.91 Å². The molecule has 118 valence electrons. The lowest BCUT2D eigenvalue weighted by atomic mass is 9.99. The number of carbonyl (C=O) groups is 2. The first kappa shape index (κ1) is 15.7. The van der Waals surface area contributed by atoms with Crippen molar-refractivity contribution in [1.82, 2.24) is 0 Å². The Bertz CT molecular complexity index is 871. The Balaban J connectivity index is 1.94. The lowest BCUT2D eigenvalue weighted by Crippen LogP contribution is -2.15. The molecule has 3 rings (SSSR count). The van der Waals surface area contributed by atoms with Gasteiger partial charge in [-0.05, 0) is 31.2 Å². The van der Waals surface area contributed by atoms with Crippen LogP contribution in [0.1, 0.15) is 31.8 Å². The molecule has 1 N–H and O–H groups in total. The number of amides is 1. The minimum absolute atomic E-state index is 0.109. The SMILES string of the molecule is Cc1ccc(NC(=O)c2ccccc2)c(C(=O)c2ccccc2)c1. The molecule has 0 aliphatic heterocycles. The monoisotopic (exact) mass is 315 g/mol. The van der Waals surface area contributed by atoms with E-state index in [0.717, 1.165) is 5.56 Å². The maximum atomic E-state index is 12.8. The molecule has 0 saturated carbocycles. The van der Waals surface area contributed by atoms with E-state index >= 15 is 0 Å². The van der Waals surface area contributed by atoms with Gasteiger partial charge in [-0.3, -0.25) is 9.59 Å². The van der Waals surface area contributed by atoms with E-state index < -0.39 is 0 Å². The van der Waals surface area contributed by atoms with Crippen LogP contribution in [0.4, 0.5) is 5.69 Å². The van der Waals surface area contributed by atoms with Gasteiger partial charge in [0.2, 0.25) is 0 Å². The Labute approximate surface area is 141 Å². The van der Waals surface area contributed by atoms with Crippen molar-refractivity contribution in [2.45, 2.75) is 6.92 Å². The zero-order valence-electron chi connectivity index (χ0n) is 13.3. The summed E-state index contributed by atoms with van der Waals surface area (Å²) in [6, 6.07) is 23.4. The second kappa shape index (κ2) is 6.92. The average molecular weight is 315 g/mol. The number of aryl methyl sites for hydroxylation is 1. The van der Waals surface area contributed by atoms with Gasteiger partial charge in [-0.2, -0.15) is 0 Å². The normalized spacial score (nSPS) is 10.2. The van der Waals surface area contributed by atoms with Crippen LogP contribution >= 0.6 is 0 Å². The van der Waals surface area contributed by atoms with E-state index in [9.17, 15) is 9.59 Å². The van der Waals surface area contributed by atoms with Gasteiger partial charge in [0, 0.05) is 16.7 Å². The maximum Gasteiger partial charge on any atom is 0.255 e. The van der Waals surface area contributed by atoms with Crippen LogP contribution in [0.5, 0.6) is 0 Å². The number of nitrogens with one attached hydrogen (secondary N) is 1. The van der Waals surface area contributed by atoms with Gasteiger partial charge in [0.1, 0.15) is 0 Å². The number of rotatable bonds is 4. The van der Waals surface area contributed by atoms with Crippen molar-refractivity contribution in [3.05, 3.63) is 101 Å². The highest BCUT2D eigenvalue weighted by atomic mass is 16.1. The van der Waals surface area contributed by atoms with Crippen molar-refractivity contribution in [3.63, 3.8) is 0 Å². The van der Waals surface area contributed by atoms with Crippen molar-refractivity contribution in [3.8, 4) is 0 Å². The van der Waals surface area contributed by atoms with E-state index in [4.69, 9.17) is 0 Å². The van der Waals surface area contributed by atoms with Gasteiger partial charge in [-0.1, -0.05) is 60.2 Å². The summed E-state index contributed by atoms with van der Waals surface area (Å²) in [7, 11) is 0. The standard InChI is InChI=1S/C21H17NO2/c1-15-12-13-19(22-21(24)17-10-6-3-7-11-17)18(14-15)20(23)16-8-4-2-5-9-16/h2-14H,1H3,(H,22,24). The third-order valence-electron chi connectivity index (χ3n) is 3.74. The summed E-state index contributed by atoms with van der Waals surface area (Å²) in [6.07, 6.45) is 0. The molecule has 0 aliphatic rings. The molecule has 0 spiro atoms. The molecule has 0 aromatic heterocycles. The largest absolute Gasteiger partial charge is 0.321 e. The zero-order chi connectivity index (χ0) is 16.9. The molecule has 0 atom stereocenters. The van der Waals surface area contributed by atoms with Gasteiger partial charge >= 0.3 is 0 Å². The minimum Gasteiger partial charge on any atom is -0.321 e. The third-order valence-corrected chi connectivity index (χ3v) is 3.74. The van der Waals surface area contributed by atoms with Crippen LogP contribution in [0.25, 0.3) is 0 Å². The molecule has 0 unspecified atom stereocenters. The summed E-state index contributed by atoms with van der Waals surface area (Å²) < 4.78 is 0. The van der Waals surface area contributed by atoms with Gasteiger partial charge < -0.3 is 5.32 Å². The van der Waals surface area contributed by atoms with Crippen molar-refractivity contribution in [1.29, 1.82) is 0 Å². The predicted octanol–water partition coefficient (Wildman–Crippen LogP) is 4.48. The summed E-state index contributed by atoms with van der Waals surface area (Å²) >= 11 is 0. The molecule has 24 heavy (non-hydrogen) atoms. The molecule has 0 saturated heterocycles. The molecule has 0 aliphatic carbocycles.